The molecule has 0 spiro atoms. The molecule has 0 bridgehead atoms. The maximum atomic E-state index is 12.4. The van der Waals surface area contributed by atoms with Crippen molar-refractivity contribution in [2.24, 2.45) is 5.92 Å². The first kappa shape index (κ1) is 20.6. The van der Waals surface area contributed by atoms with Gasteiger partial charge in [-0.3, -0.25) is 4.79 Å². The Kier molecular flexibility index (Phi) is 6.90. The van der Waals surface area contributed by atoms with Crippen LogP contribution in [0.25, 0.3) is 11.0 Å². The minimum Gasteiger partial charge on any atom is -0.369 e. The van der Waals surface area contributed by atoms with E-state index in [1.807, 2.05) is 24.5 Å². The van der Waals surface area contributed by atoms with Gasteiger partial charge in [0, 0.05) is 17.6 Å². The maximum absolute atomic E-state index is 12.4. The van der Waals surface area contributed by atoms with E-state index in [2.05, 4.69) is 55.5 Å². The van der Waals surface area contributed by atoms with Gasteiger partial charge >= 0.3 is 0 Å². The zero-order chi connectivity index (χ0) is 20.1. The van der Waals surface area contributed by atoms with E-state index in [9.17, 15) is 4.79 Å². The predicted octanol–water partition coefficient (Wildman–Crippen LogP) is 3.81. The minimum absolute atomic E-state index is 0.123. The molecular weight excluding hydrogens is 440 g/mol. The van der Waals surface area contributed by atoms with Crippen LogP contribution in [0.5, 0.6) is 0 Å². The van der Waals surface area contributed by atoms with Crippen molar-refractivity contribution < 1.29 is 4.79 Å². The van der Waals surface area contributed by atoms with E-state index >= 15 is 0 Å². The zero-order valence-corrected chi connectivity index (χ0v) is 18.5. The molecule has 148 valence electrons. The maximum Gasteiger partial charge on any atom is 0.252 e. The van der Waals surface area contributed by atoms with E-state index in [-0.39, 0.29) is 5.91 Å². The topological polar surface area (TPSA) is 84.7 Å². The molecule has 2 N–H and O–H groups in total. The molecule has 2 heterocycles. The van der Waals surface area contributed by atoms with Gasteiger partial charge in [-0.25, -0.2) is 14.6 Å². The molecule has 0 aliphatic rings. The van der Waals surface area contributed by atoms with Gasteiger partial charge < -0.3 is 10.6 Å². The van der Waals surface area contributed by atoms with Gasteiger partial charge in [0.1, 0.15) is 5.82 Å². The Labute approximate surface area is 176 Å². The number of nitrogens with one attached hydrogen (secondary N) is 2. The van der Waals surface area contributed by atoms with Crippen molar-refractivity contribution in [3.8, 4) is 0 Å². The van der Waals surface area contributed by atoms with Crippen molar-refractivity contribution in [2.45, 2.75) is 25.5 Å². The predicted molar refractivity (Wildman–Crippen MR) is 117 cm³/mol. The Morgan fingerprint density at radius 3 is 2.79 bits per heavy atom. The Hall–Kier alpha value is -2.13. The fourth-order valence-electron chi connectivity index (χ4n) is 2.64. The molecule has 7 nitrogen and oxygen atoms in total. The first-order valence-corrected chi connectivity index (χ1v) is 11.1. The van der Waals surface area contributed by atoms with Crippen LogP contribution in [0, 0.1) is 5.92 Å². The molecule has 2 aromatic heterocycles. The van der Waals surface area contributed by atoms with E-state index in [1.165, 1.54) is 11.8 Å². The summed E-state index contributed by atoms with van der Waals surface area (Å²) in [5.74, 6) is 1.18. The van der Waals surface area contributed by atoms with Crippen LogP contribution in [0.2, 0.25) is 0 Å². The molecule has 3 rings (SSSR count). The lowest BCUT2D eigenvalue weighted by Crippen LogP contribution is -2.27. The summed E-state index contributed by atoms with van der Waals surface area (Å²) in [7, 11) is 0. The Balaban J connectivity index is 1.73. The third-order valence-electron chi connectivity index (χ3n) is 4.06. The molecule has 0 unspecified atom stereocenters. The fourth-order valence-corrected chi connectivity index (χ4v) is 3.47. The molecule has 0 aliphatic carbocycles. The average molecular weight is 463 g/mol. The van der Waals surface area contributed by atoms with Crippen LogP contribution in [0.3, 0.4) is 0 Å². The summed E-state index contributed by atoms with van der Waals surface area (Å²) in [6.45, 7) is 6.10. The van der Waals surface area contributed by atoms with Crippen LogP contribution in [0.1, 0.15) is 24.2 Å². The summed E-state index contributed by atoms with van der Waals surface area (Å²) in [5.41, 5.74) is 1.38. The van der Waals surface area contributed by atoms with Gasteiger partial charge in [0.2, 0.25) is 0 Å². The number of anilines is 1. The van der Waals surface area contributed by atoms with Crippen LogP contribution in [-0.2, 0) is 6.54 Å². The summed E-state index contributed by atoms with van der Waals surface area (Å²) in [6, 6.07) is 7.35. The van der Waals surface area contributed by atoms with Gasteiger partial charge in [0.25, 0.3) is 5.91 Å². The van der Waals surface area contributed by atoms with E-state index in [0.717, 1.165) is 27.9 Å². The summed E-state index contributed by atoms with van der Waals surface area (Å²) in [4.78, 5) is 21.5. The van der Waals surface area contributed by atoms with Crippen molar-refractivity contribution >= 4 is 50.5 Å². The monoisotopic (exact) mass is 462 g/mol. The van der Waals surface area contributed by atoms with Crippen molar-refractivity contribution in [2.75, 3.05) is 24.7 Å². The highest BCUT2D eigenvalue weighted by atomic mass is 79.9. The molecule has 0 fully saturated rings. The molecular formula is C19H23BrN6OS. The highest BCUT2D eigenvalue weighted by molar-refractivity contribution is 9.10. The Bertz CT molecular complexity index is 974. The molecule has 1 aromatic carbocycles. The summed E-state index contributed by atoms with van der Waals surface area (Å²) in [6.07, 6.45) is 3.73. The second-order valence-electron chi connectivity index (χ2n) is 6.67. The number of hydrogen-bond donors (Lipinski definition) is 2. The number of carbonyl (C=O) groups excluding carboxylic acids is 1. The number of nitrogens with zero attached hydrogens (tertiary/aromatic N) is 4. The van der Waals surface area contributed by atoms with Crippen LogP contribution in [0.15, 0.2) is 40.1 Å². The summed E-state index contributed by atoms with van der Waals surface area (Å²) < 4.78 is 2.58. The first-order chi connectivity index (χ1) is 13.5. The number of amides is 1. The summed E-state index contributed by atoms with van der Waals surface area (Å²) in [5, 5.41) is 12.3. The van der Waals surface area contributed by atoms with Crippen LogP contribution in [-0.4, -0.2) is 45.0 Å². The smallest absolute Gasteiger partial charge is 0.252 e. The van der Waals surface area contributed by atoms with Crippen molar-refractivity contribution in [3.63, 3.8) is 0 Å². The SMILES string of the molecule is CSc1nc(NCC(C)C)c2cnn(CCNC(=O)c3ccccc3Br)c2n1. The van der Waals surface area contributed by atoms with Gasteiger partial charge in [-0.15, -0.1) is 0 Å². The average Bonchev–Trinajstić information content (AvgIpc) is 3.09. The molecule has 1 amide bonds. The fraction of sp³-hybridized carbons (Fsp3) is 0.368. The molecule has 0 saturated carbocycles. The standard InChI is InChI=1S/C19H23BrN6OS/c1-12(2)10-22-16-14-11-23-26(17(14)25-19(24-16)28-3)9-8-21-18(27)13-6-4-5-7-15(13)20/h4-7,11-12H,8-10H2,1-3H3,(H,21,27)(H,22,24,25). The second kappa shape index (κ2) is 9.38. The molecule has 9 heteroatoms. The first-order valence-electron chi connectivity index (χ1n) is 9.03. The third kappa shape index (κ3) is 4.82. The quantitative estimate of drug-likeness (QED) is 0.391. The normalized spacial score (nSPS) is 11.2. The van der Waals surface area contributed by atoms with Crippen LogP contribution < -0.4 is 10.6 Å². The van der Waals surface area contributed by atoms with Crippen LogP contribution in [0.4, 0.5) is 5.82 Å². The number of hydrogen-bond acceptors (Lipinski definition) is 6. The number of fused-ring (bicyclic) bond motifs is 1. The molecule has 0 aliphatic heterocycles. The number of thioether (sulfide) groups is 1. The van der Waals surface area contributed by atoms with Crippen molar-refractivity contribution in [1.82, 2.24) is 25.1 Å². The van der Waals surface area contributed by atoms with Gasteiger partial charge in [-0.2, -0.15) is 5.10 Å². The highest BCUT2D eigenvalue weighted by Gasteiger charge is 2.14. The molecule has 0 radical (unpaired) electrons. The minimum atomic E-state index is -0.123. The number of aromatic nitrogens is 4. The second-order valence-corrected chi connectivity index (χ2v) is 8.30. The molecule has 28 heavy (non-hydrogen) atoms. The molecule has 0 saturated heterocycles. The van der Waals surface area contributed by atoms with Gasteiger partial charge in [0.05, 0.1) is 23.7 Å². The number of rotatable bonds is 8. The lowest BCUT2D eigenvalue weighted by molar-refractivity contribution is 0.0951. The highest BCUT2D eigenvalue weighted by Crippen LogP contribution is 2.23. The van der Waals surface area contributed by atoms with E-state index in [4.69, 9.17) is 0 Å². The lowest BCUT2D eigenvalue weighted by atomic mass is 10.2. The van der Waals surface area contributed by atoms with Gasteiger partial charge in [0.15, 0.2) is 10.8 Å². The van der Waals surface area contributed by atoms with Crippen LogP contribution >= 0.6 is 27.7 Å². The largest absolute Gasteiger partial charge is 0.369 e. The lowest BCUT2D eigenvalue weighted by Gasteiger charge is -2.11. The Morgan fingerprint density at radius 1 is 1.29 bits per heavy atom. The van der Waals surface area contributed by atoms with E-state index in [1.54, 1.807) is 16.9 Å². The molecule has 0 atom stereocenters. The van der Waals surface area contributed by atoms with Crippen molar-refractivity contribution in [3.05, 3.63) is 40.5 Å². The zero-order valence-electron chi connectivity index (χ0n) is 16.1. The summed E-state index contributed by atoms with van der Waals surface area (Å²) >= 11 is 4.90. The Morgan fingerprint density at radius 2 is 2.07 bits per heavy atom. The third-order valence-corrected chi connectivity index (χ3v) is 5.30. The van der Waals surface area contributed by atoms with Gasteiger partial charge in [-0.1, -0.05) is 37.7 Å². The van der Waals surface area contributed by atoms with Gasteiger partial charge in [-0.05, 0) is 40.2 Å². The van der Waals surface area contributed by atoms with E-state index in [0.29, 0.717) is 29.7 Å². The number of carbonyl (C=O) groups is 1. The molecule has 3 aromatic rings. The number of benzene rings is 1. The van der Waals surface area contributed by atoms with E-state index < -0.39 is 0 Å². The number of halogens is 1. The van der Waals surface area contributed by atoms with Crippen molar-refractivity contribution in [1.29, 1.82) is 0 Å².